The van der Waals surface area contributed by atoms with E-state index in [2.05, 4.69) is 171 Å². The minimum absolute atomic E-state index is 0.533. The van der Waals surface area contributed by atoms with Gasteiger partial charge in [-0.15, -0.1) is 0 Å². The average Bonchev–Trinajstić information content (AvgIpc) is 3.40. The Kier molecular flexibility index (Phi) is 11.7. The van der Waals surface area contributed by atoms with Gasteiger partial charge in [0.05, 0.1) is 11.4 Å². The summed E-state index contributed by atoms with van der Waals surface area (Å²) in [6, 6.07) is 71.7. The van der Waals surface area contributed by atoms with Crippen LogP contribution in [0, 0.1) is 0 Å². The molecule has 0 aliphatic carbocycles. The number of nitrogens with zero attached hydrogens (tertiary/aromatic N) is 5. The fourth-order valence-electron chi connectivity index (χ4n) is 8.50. The van der Waals surface area contributed by atoms with Crippen LogP contribution in [0.25, 0.3) is 106 Å². The van der Waals surface area contributed by atoms with E-state index >= 15 is 0 Å². The van der Waals surface area contributed by atoms with E-state index in [0.717, 1.165) is 94.8 Å². The van der Waals surface area contributed by atoms with Crippen LogP contribution < -0.4 is 0 Å². The van der Waals surface area contributed by atoms with Gasteiger partial charge in [-0.1, -0.05) is 189 Å². The van der Waals surface area contributed by atoms with Crippen LogP contribution in [0.2, 0.25) is 0 Å². The third kappa shape index (κ3) is 8.45. The van der Waals surface area contributed by atoms with Crippen molar-refractivity contribution in [2.24, 2.45) is 0 Å². The Balaban J connectivity index is 1.12. The van der Waals surface area contributed by atoms with E-state index in [1.165, 1.54) is 0 Å². The molecule has 0 unspecified atom stereocenters. The highest BCUT2D eigenvalue weighted by molar-refractivity contribution is 6.06. The molecule has 10 aromatic rings. The number of rotatable bonds is 12. The van der Waals surface area contributed by atoms with Gasteiger partial charge in [-0.05, 0) is 104 Å². The van der Waals surface area contributed by atoms with Gasteiger partial charge in [0.25, 0.3) is 0 Å². The van der Waals surface area contributed by atoms with Crippen molar-refractivity contribution in [3.63, 3.8) is 0 Å². The summed E-state index contributed by atoms with van der Waals surface area (Å²) < 4.78 is 0. The molecule has 0 radical (unpaired) electrons. The molecule has 0 N–H and O–H groups in total. The zero-order valence-corrected chi connectivity index (χ0v) is 36.2. The van der Waals surface area contributed by atoms with Crippen molar-refractivity contribution in [2.75, 3.05) is 0 Å². The predicted octanol–water partition coefficient (Wildman–Crippen LogP) is 15.4. The maximum Gasteiger partial charge on any atom is 0.164 e. The lowest BCUT2D eigenvalue weighted by atomic mass is 9.80. The molecule has 0 spiro atoms. The first-order valence-electron chi connectivity index (χ1n) is 21.9. The molecule has 312 valence electrons. The summed E-state index contributed by atoms with van der Waals surface area (Å²) >= 11 is 0. The molecule has 7 aromatic carbocycles. The van der Waals surface area contributed by atoms with E-state index in [1.54, 1.807) is 12.2 Å². The normalized spacial score (nSPS) is 11.2. The van der Waals surface area contributed by atoms with E-state index < -0.39 is 0 Å². The summed E-state index contributed by atoms with van der Waals surface area (Å²) in [4.78, 5) is 24.7. The lowest BCUT2D eigenvalue weighted by Crippen LogP contribution is -2.02. The fourth-order valence-corrected chi connectivity index (χ4v) is 8.50. The number of aromatic nitrogens is 5. The molecule has 0 aliphatic rings. The summed E-state index contributed by atoms with van der Waals surface area (Å²) in [6.45, 7) is 7.90. The van der Waals surface area contributed by atoms with Crippen molar-refractivity contribution in [1.29, 1.82) is 0 Å². The van der Waals surface area contributed by atoms with E-state index in [4.69, 9.17) is 24.9 Å². The van der Waals surface area contributed by atoms with E-state index in [-0.39, 0.29) is 0 Å². The van der Waals surface area contributed by atoms with Crippen LogP contribution in [-0.2, 0) is 0 Å². The standard InChI is InChI=1S/C61H43N5/c1-3-21-42(4-2)59-64-60(45-26-12-7-13-27-45)66-61(65-59)51-33-20-31-49(40-51)47-29-18-28-46(38-47)48-30-19-32-50(39-48)53-41-52(43-22-8-5-9-23-43)57(54-34-14-16-36-62-54)58(55-35-15-17-37-63-55)56(53)44-24-10-6-11-25-44/h3-41H,1-2H2/b42-21+. The molecule has 66 heavy (non-hydrogen) atoms. The predicted molar refractivity (Wildman–Crippen MR) is 273 cm³/mol. The van der Waals surface area contributed by atoms with Crippen LogP contribution in [0.5, 0.6) is 0 Å². The molecule has 0 saturated carbocycles. The first-order chi connectivity index (χ1) is 32.6. The number of pyridine rings is 2. The molecule has 3 aromatic heterocycles. The van der Waals surface area contributed by atoms with Gasteiger partial charge in [0, 0.05) is 40.2 Å². The molecule has 5 nitrogen and oxygen atoms in total. The van der Waals surface area contributed by atoms with Gasteiger partial charge in [0.2, 0.25) is 0 Å². The molecule has 3 heterocycles. The molecule has 0 aliphatic heterocycles. The topological polar surface area (TPSA) is 64.5 Å². The van der Waals surface area contributed by atoms with E-state index in [0.29, 0.717) is 17.5 Å². The molecule has 0 fully saturated rings. The number of hydrogen-bond acceptors (Lipinski definition) is 5. The van der Waals surface area contributed by atoms with Crippen LogP contribution in [0.4, 0.5) is 0 Å². The summed E-state index contributed by atoms with van der Waals surface area (Å²) in [7, 11) is 0. The van der Waals surface area contributed by atoms with Gasteiger partial charge >= 0.3 is 0 Å². The number of hydrogen-bond donors (Lipinski definition) is 0. The van der Waals surface area contributed by atoms with Crippen LogP contribution >= 0.6 is 0 Å². The van der Waals surface area contributed by atoms with Crippen molar-refractivity contribution in [2.45, 2.75) is 0 Å². The molecule has 0 amide bonds. The monoisotopic (exact) mass is 845 g/mol. The molecule has 5 heteroatoms. The van der Waals surface area contributed by atoms with Gasteiger partial charge in [0.1, 0.15) is 0 Å². The summed E-state index contributed by atoms with van der Waals surface area (Å²) in [5.41, 5.74) is 17.2. The number of allylic oxidation sites excluding steroid dienone is 4. The summed E-state index contributed by atoms with van der Waals surface area (Å²) in [5.74, 6) is 1.69. The largest absolute Gasteiger partial charge is 0.256 e. The molecule has 0 atom stereocenters. The average molecular weight is 846 g/mol. The second kappa shape index (κ2) is 18.8. The van der Waals surface area contributed by atoms with Gasteiger partial charge in [-0.3, -0.25) is 9.97 Å². The maximum absolute atomic E-state index is 5.01. The van der Waals surface area contributed by atoms with Crippen LogP contribution in [-0.4, -0.2) is 24.9 Å². The minimum atomic E-state index is 0.533. The Morgan fingerprint density at radius 1 is 0.348 bits per heavy atom. The third-order valence-corrected chi connectivity index (χ3v) is 11.6. The van der Waals surface area contributed by atoms with Crippen LogP contribution in [0.1, 0.15) is 5.82 Å². The smallest absolute Gasteiger partial charge is 0.164 e. The number of benzene rings is 7. The van der Waals surface area contributed by atoms with Crippen molar-refractivity contribution >= 4 is 5.57 Å². The Labute approximate surface area is 385 Å². The van der Waals surface area contributed by atoms with Crippen molar-refractivity contribution in [1.82, 2.24) is 24.9 Å². The van der Waals surface area contributed by atoms with Crippen LogP contribution in [0.3, 0.4) is 0 Å². The maximum atomic E-state index is 5.01. The molecule has 0 saturated heterocycles. The Morgan fingerprint density at radius 3 is 1.33 bits per heavy atom. The van der Waals surface area contributed by atoms with E-state index in [1.807, 2.05) is 67.0 Å². The Morgan fingerprint density at radius 2 is 0.788 bits per heavy atom. The summed E-state index contributed by atoms with van der Waals surface area (Å²) in [5, 5.41) is 0. The highest BCUT2D eigenvalue weighted by Crippen LogP contribution is 2.49. The van der Waals surface area contributed by atoms with E-state index in [9.17, 15) is 0 Å². The highest BCUT2D eigenvalue weighted by Gasteiger charge is 2.25. The van der Waals surface area contributed by atoms with Gasteiger partial charge in [-0.25, -0.2) is 15.0 Å². The quantitative estimate of drug-likeness (QED) is 0.115. The molecular formula is C61H43N5. The van der Waals surface area contributed by atoms with Crippen LogP contribution in [0.15, 0.2) is 250 Å². The zero-order valence-electron chi connectivity index (χ0n) is 36.2. The molecular weight excluding hydrogens is 803 g/mol. The Hall–Kier alpha value is -8.93. The van der Waals surface area contributed by atoms with Crippen molar-refractivity contribution in [3.8, 4) is 101 Å². The minimum Gasteiger partial charge on any atom is -0.256 e. The first kappa shape index (κ1) is 41.1. The fraction of sp³-hybridized carbons (Fsp3) is 0. The van der Waals surface area contributed by atoms with Gasteiger partial charge in [-0.2, -0.15) is 0 Å². The van der Waals surface area contributed by atoms with Crippen molar-refractivity contribution in [3.05, 3.63) is 256 Å². The second-order valence-electron chi connectivity index (χ2n) is 15.7. The van der Waals surface area contributed by atoms with Crippen molar-refractivity contribution < 1.29 is 0 Å². The SMILES string of the molecule is C=C/C=C(\C=C)c1nc(-c2ccccc2)nc(-c2cccc(-c3cccc(-c4cccc(-c5cc(-c6ccccc6)c(-c6ccccn6)c(-c6ccccn6)c5-c5ccccc5)c4)c3)c2)n1. The highest BCUT2D eigenvalue weighted by atomic mass is 15.0. The van der Waals surface area contributed by atoms with Gasteiger partial charge in [0.15, 0.2) is 17.5 Å². The third-order valence-electron chi connectivity index (χ3n) is 11.6. The zero-order chi connectivity index (χ0) is 44.7. The Bertz CT molecular complexity index is 3370. The lowest BCUT2D eigenvalue weighted by molar-refractivity contribution is 1.04. The molecule has 10 rings (SSSR count). The molecule has 0 bridgehead atoms. The summed E-state index contributed by atoms with van der Waals surface area (Å²) in [6.07, 6.45) is 9.05. The first-order valence-corrected chi connectivity index (χ1v) is 21.9. The second-order valence-corrected chi connectivity index (χ2v) is 15.7. The van der Waals surface area contributed by atoms with Gasteiger partial charge < -0.3 is 0 Å². The lowest BCUT2D eigenvalue weighted by Gasteiger charge is -2.23.